The lowest BCUT2D eigenvalue weighted by molar-refractivity contribution is -0.119. The minimum atomic E-state index is -0.410. The summed E-state index contributed by atoms with van der Waals surface area (Å²) >= 11 is 2.66. The van der Waals surface area contributed by atoms with Gasteiger partial charge in [0.1, 0.15) is 0 Å². The number of carbonyl (C=O) groups excluding carboxylic acids is 2. The van der Waals surface area contributed by atoms with Crippen LogP contribution in [0.4, 0.5) is 9.93 Å². The highest BCUT2D eigenvalue weighted by Gasteiger charge is 2.22. The molecule has 116 valence electrons. The van der Waals surface area contributed by atoms with Gasteiger partial charge in [-0.15, -0.1) is 10.2 Å². The Morgan fingerprint density at radius 3 is 2.67 bits per heavy atom. The molecule has 2 rings (SSSR count). The van der Waals surface area contributed by atoms with E-state index in [0.29, 0.717) is 9.47 Å². The standard InChI is InChI=1S/C12H19N5O2S2/c1-7(20-12-17-16-11(13-2)21-12)9(18)15-10(19)14-8-5-3-4-6-8/h7-8H,3-6H2,1-2H3,(H,13,16)(H2,14,15,18,19)/t7-/m0/s1. The fraction of sp³-hybridized carbons (Fsp3) is 0.667. The normalized spacial score (nSPS) is 16.5. The molecule has 21 heavy (non-hydrogen) atoms. The van der Waals surface area contributed by atoms with Gasteiger partial charge in [0.15, 0.2) is 4.34 Å². The molecule has 1 aliphatic rings. The molecule has 0 spiro atoms. The van der Waals surface area contributed by atoms with E-state index in [1.165, 1.54) is 23.1 Å². The lowest BCUT2D eigenvalue weighted by Gasteiger charge is -2.14. The first-order valence-electron chi connectivity index (χ1n) is 6.87. The molecule has 1 aromatic rings. The third kappa shape index (κ3) is 4.85. The minimum Gasteiger partial charge on any atom is -0.363 e. The second-order valence-corrected chi connectivity index (χ2v) is 7.39. The van der Waals surface area contributed by atoms with Crippen LogP contribution < -0.4 is 16.0 Å². The third-order valence-electron chi connectivity index (χ3n) is 3.19. The summed E-state index contributed by atoms with van der Waals surface area (Å²) in [5.41, 5.74) is 0. The summed E-state index contributed by atoms with van der Waals surface area (Å²) < 4.78 is 0.693. The first-order chi connectivity index (χ1) is 10.1. The van der Waals surface area contributed by atoms with Crippen LogP contribution >= 0.6 is 23.1 Å². The number of anilines is 1. The molecule has 1 aromatic heterocycles. The highest BCUT2D eigenvalue weighted by atomic mass is 32.2. The molecular weight excluding hydrogens is 310 g/mol. The number of nitrogens with one attached hydrogen (secondary N) is 3. The topological polar surface area (TPSA) is 96.0 Å². The molecule has 7 nitrogen and oxygen atoms in total. The number of rotatable bonds is 5. The number of amides is 3. The van der Waals surface area contributed by atoms with Gasteiger partial charge in [0.25, 0.3) is 0 Å². The monoisotopic (exact) mass is 329 g/mol. The fourth-order valence-corrected chi connectivity index (χ4v) is 3.92. The highest BCUT2D eigenvalue weighted by molar-refractivity contribution is 8.02. The molecule has 0 radical (unpaired) electrons. The molecule has 1 saturated carbocycles. The van der Waals surface area contributed by atoms with Crippen LogP contribution in [-0.2, 0) is 4.79 Å². The molecule has 0 unspecified atom stereocenters. The average Bonchev–Trinajstić information content (AvgIpc) is 3.09. The van der Waals surface area contributed by atoms with E-state index < -0.39 is 11.3 Å². The van der Waals surface area contributed by atoms with Gasteiger partial charge < -0.3 is 10.6 Å². The van der Waals surface area contributed by atoms with Crippen molar-refractivity contribution >= 4 is 40.2 Å². The molecule has 0 aromatic carbocycles. The van der Waals surface area contributed by atoms with E-state index in [1.54, 1.807) is 14.0 Å². The molecule has 3 amide bonds. The number of imide groups is 1. The average molecular weight is 329 g/mol. The predicted molar refractivity (Wildman–Crippen MR) is 83.7 cm³/mol. The summed E-state index contributed by atoms with van der Waals surface area (Å²) in [5.74, 6) is -0.322. The first kappa shape index (κ1) is 16.0. The molecule has 0 aliphatic heterocycles. The van der Waals surface area contributed by atoms with E-state index >= 15 is 0 Å². The van der Waals surface area contributed by atoms with Gasteiger partial charge in [0.05, 0.1) is 5.25 Å². The fourth-order valence-electron chi connectivity index (χ4n) is 2.07. The van der Waals surface area contributed by atoms with Crippen LogP contribution in [0.1, 0.15) is 32.6 Å². The van der Waals surface area contributed by atoms with Gasteiger partial charge in [-0.25, -0.2) is 4.79 Å². The van der Waals surface area contributed by atoms with Gasteiger partial charge in [0.2, 0.25) is 11.0 Å². The van der Waals surface area contributed by atoms with E-state index in [-0.39, 0.29) is 11.9 Å². The molecule has 0 saturated heterocycles. The van der Waals surface area contributed by atoms with Gasteiger partial charge in [-0.05, 0) is 19.8 Å². The number of hydrogen-bond acceptors (Lipinski definition) is 7. The first-order valence-corrected chi connectivity index (χ1v) is 8.57. The quantitative estimate of drug-likeness (QED) is 0.713. The Morgan fingerprint density at radius 2 is 2.05 bits per heavy atom. The maximum atomic E-state index is 12.0. The van der Waals surface area contributed by atoms with Gasteiger partial charge in [0, 0.05) is 13.1 Å². The van der Waals surface area contributed by atoms with Crippen LogP contribution in [0.25, 0.3) is 0 Å². The van der Waals surface area contributed by atoms with Crippen molar-refractivity contribution in [2.45, 2.75) is 48.2 Å². The summed E-state index contributed by atoms with van der Waals surface area (Å²) in [4.78, 5) is 23.7. The maximum Gasteiger partial charge on any atom is 0.321 e. The van der Waals surface area contributed by atoms with Crippen LogP contribution in [-0.4, -0.2) is 40.5 Å². The van der Waals surface area contributed by atoms with Crippen molar-refractivity contribution in [3.63, 3.8) is 0 Å². The molecule has 1 atom stereocenters. The van der Waals surface area contributed by atoms with Crippen LogP contribution in [0, 0.1) is 0 Å². The van der Waals surface area contributed by atoms with Crippen molar-refractivity contribution in [2.75, 3.05) is 12.4 Å². The number of aromatic nitrogens is 2. The van der Waals surface area contributed by atoms with Crippen molar-refractivity contribution in [3.05, 3.63) is 0 Å². The molecule has 9 heteroatoms. The summed E-state index contributed by atoms with van der Waals surface area (Å²) in [7, 11) is 1.76. The zero-order valence-electron chi connectivity index (χ0n) is 12.0. The zero-order chi connectivity index (χ0) is 15.2. The van der Waals surface area contributed by atoms with E-state index in [0.717, 1.165) is 25.7 Å². The Balaban J connectivity index is 1.77. The van der Waals surface area contributed by atoms with Crippen LogP contribution in [0.5, 0.6) is 0 Å². The smallest absolute Gasteiger partial charge is 0.321 e. The Kier molecular flexibility index (Phi) is 5.80. The minimum absolute atomic E-state index is 0.196. The SMILES string of the molecule is CNc1nnc(S[C@@H](C)C(=O)NC(=O)NC2CCCC2)s1. The number of thioether (sulfide) groups is 1. The van der Waals surface area contributed by atoms with Crippen molar-refractivity contribution in [3.8, 4) is 0 Å². The molecule has 1 heterocycles. The van der Waals surface area contributed by atoms with Crippen molar-refractivity contribution in [1.82, 2.24) is 20.8 Å². The van der Waals surface area contributed by atoms with E-state index in [9.17, 15) is 9.59 Å². The van der Waals surface area contributed by atoms with E-state index in [1.807, 2.05) is 0 Å². The molecule has 1 fully saturated rings. The predicted octanol–water partition coefficient (Wildman–Crippen LogP) is 1.83. The number of urea groups is 1. The zero-order valence-corrected chi connectivity index (χ0v) is 13.6. The highest BCUT2D eigenvalue weighted by Crippen LogP contribution is 2.28. The van der Waals surface area contributed by atoms with Crippen LogP contribution in [0.3, 0.4) is 0 Å². The third-order valence-corrected chi connectivity index (χ3v) is 5.32. The summed E-state index contributed by atoms with van der Waals surface area (Å²) in [6.07, 6.45) is 4.25. The lowest BCUT2D eigenvalue weighted by atomic mass is 10.2. The van der Waals surface area contributed by atoms with Crippen molar-refractivity contribution < 1.29 is 9.59 Å². The van der Waals surface area contributed by atoms with Crippen molar-refractivity contribution in [2.24, 2.45) is 0 Å². The molecule has 3 N–H and O–H groups in total. The number of carbonyl (C=O) groups is 2. The van der Waals surface area contributed by atoms with Gasteiger partial charge in [-0.2, -0.15) is 0 Å². The second kappa shape index (κ2) is 7.60. The van der Waals surface area contributed by atoms with E-state index in [4.69, 9.17) is 0 Å². The Hall–Kier alpha value is -1.35. The number of nitrogens with zero attached hydrogens (tertiary/aromatic N) is 2. The number of hydrogen-bond donors (Lipinski definition) is 3. The van der Waals surface area contributed by atoms with Crippen LogP contribution in [0.2, 0.25) is 0 Å². The summed E-state index contributed by atoms with van der Waals surface area (Å²) in [6, 6.07) is -0.213. The van der Waals surface area contributed by atoms with E-state index in [2.05, 4.69) is 26.1 Å². The lowest BCUT2D eigenvalue weighted by Crippen LogP contribution is -2.45. The van der Waals surface area contributed by atoms with Gasteiger partial charge in [-0.3, -0.25) is 10.1 Å². The largest absolute Gasteiger partial charge is 0.363 e. The summed E-state index contributed by atoms with van der Waals surface area (Å²) in [6.45, 7) is 1.74. The Labute approximate surface area is 131 Å². The summed E-state index contributed by atoms with van der Waals surface area (Å²) in [5, 5.41) is 16.2. The van der Waals surface area contributed by atoms with Gasteiger partial charge >= 0.3 is 6.03 Å². The molecular formula is C12H19N5O2S2. The second-order valence-electron chi connectivity index (χ2n) is 4.83. The van der Waals surface area contributed by atoms with Crippen molar-refractivity contribution in [1.29, 1.82) is 0 Å². The Bertz CT molecular complexity index is 502. The molecule has 1 aliphatic carbocycles. The Morgan fingerprint density at radius 1 is 1.33 bits per heavy atom. The maximum absolute atomic E-state index is 12.0. The van der Waals surface area contributed by atoms with Gasteiger partial charge in [-0.1, -0.05) is 35.9 Å². The van der Waals surface area contributed by atoms with Crippen LogP contribution in [0.15, 0.2) is 4.34 Å². The molecule has 0 bridgehead atoms.